The van der Waals surface area contributed by atoms with Crippen LogP contribution >= 0.6 is 0 Å². The maximum Gasteiger partial charge on any atom is 0.335 e. The van der Waals surface area contributed by atoms with Gasteiger partial charge < -0.3 is 50.0 Å². The molecule has 7 N–H and O–H groups in total. The van der Waals surface area contributed by atoms with Gasteiger partial charge in [-0.1, -0.05) is 12.2 Å². The molecule has 27 heavy (non-hydrogen) atoms. The second-order valence-corrected chi connectivity index (χ2v) is 6.78. The van der Waals surface area contributed by atoms with Crippen LogP contribution < -0.4 is 0 Å². The molecule has 0 saturated carbocycles. The molecule has 1 aliphatic carbocycles. The Morgan fingerprint density at radius 2 is 1.85 bits per heavy atom. The van der Waals surface area contributed by atoms with Crippen molar-refractivity contribution in [1.82, 2.24) is 0 Å². The summed E-state index contributed by atoms with van der Waals surface area (Å²) in [6.45, 7) is -1.40. The van der Waals surface area contributed by atoms with E-state index < -0.39 is 73.6 Å². The molecule has 1 fully saturated rings. The highest BCUT2D eigenvalue weighted by Gasteiger charge is 2.55. The second kappa shape index (κ2) is 7.45. The number of ether oxygens (including phenoxy) is 3. The number of hydrogen-bond acceptors (Lipinski definition) is 10. The standard InChI is InChI=1S/C16H22O11/c17-3-8-10(19)11(20)12(21)15(26-8)27-14-9-6(1-2-16(9,24)5-18)7(4-25-14)13(22)23/h1-2,4,6,8-12,14-15,17-21,24H,3,5H2,(H,22,23)/t6-,8-,9-,10-,11+,12-,14+,15+,16-/m1/s1. The molecule has 2 heterocycles. The molecule has 3 aliphatic rings. The Bertz CT molecular complexity index is 632. The third-order valence-corrected chi connectivity index (χ3v) is 5.15. The van der Waals surface area contributed by atoms with Gasteiger partial charge >= 0.3 is 5.97 Å². The van der Waals surface area contributed by atoms with Crippen molar-refractivity contribution in [2.45, 2.75) is 42.6 Å². The van der Waals surface area contributed by atoms with Crippen LogP contribution in [0, 0.1) is 11.8 Å². The van der Waals surface area contributed by atoms with Gasteiger partial charge in [0.2, 0.25) is 6.29 Å². The Morgan fingerprint density at radius 1 is 1.15 bits per heavy atom. The first-order valence-electron chi connectivity index (χ1n) is 8.31. The molecular weight excluding hydrogens is 368 g/mol. The van der Waals surface area contributed by atoms with Crippen molar-refractivity contribution in [3.8, 4) is 0 Å². The fraction of sp³-hybridized carbons (Fsp3) is 0.688. The molecule has 9 atom stereocenters. The summed E-state index contributed by atoms with van der Waals surface area (Å²) in [7, 11) is 0. The zero-order valence-electron chi connectivity index (χ0n) is 14.0. The van der Waals surface area contributed by atoms with Crippen molar-refractivity contribution in [3.05, 3.63) is 24.0 Å². The number of rotatable bonds is 5. The van der Waals surface area contributed by atoms with Crippen molar-refractivity contribution in [2.24, 2.45) is 11.8 Å². The number of carboxylic acids is 1. The normalized spacial score (nSPS) is 46.5. The molecule has 1 saturated heterocycles. The summed E-state index contributed by atoms with van der Waals surface area (Å²) in [5.74, 6) is -3.20. The maximum atomic E-state index is 11.4. The van der Waals surface area contributed by atoms with Crippen LogP contribution in [0.15, 0.2) is 24.0 Å². The Morgan fingerprint density at radius 3 is 2.44 bits per heavy atom. The first kappa shape index (κ1) is 20.2. The highest BCUT2D eigenvalue weighted by molar-refractivity contribution is 5.87. The van der Waals surface area contributed by atoms with Crippen LogP contribution in [-0.4, -0.2) is 97.5 Å². The average molecular weight is 390 g/mol. The summed E-state index contributed by atoms with van der Waals surface area (Å²) in [6.07, 6.45) is -5.48. The van der Waals surface area contributed by atoms with Crippen LogP contribution in [0.2, 0.25) is 0 Å². The first-order valence-corrected chi connectivity index (χ1v) is 8.31. The summed E-state index contributed by atoms with van der Waals surface area (Å²) in [5.41, 5.74) is -2.01. The lowest BCUT2D eigenvalue weighted by molar-refractivity contribution is -0.346. The molecule has 2 aliphatic heterocycles. The molecule has 0 aromatic carbocycles. The fourth-order valence-corrected chi connectivity index (χ4v) is 3.60. The fourth-order valence-electron chi connectivity index (χ4n) is 3.60. The zero-order chi connectivity index (χ0) is 19.9. The van der Waals surface area contributed by atoms with Crippen molar-refractivity contribution < 1.29 is 54.8 Å². The molecule has 11 nitrogen and oxygen atoms in total. The van der Waals surface area contributed by atoms with Crippen LogP contribution in [0.5, 0.6) is 0 Å². The zero-order valence-corrected chi connectivity index (χ0v) is 14.0. The quantitative estimate of drug-likeness (QED) is 0.233. The van der Waals surface area contributed by atoms with Gasteiger partial charge in [-0.2, -0.15) is 0 Å². The minimum atomic E-state index is -1.85. The Labute approximate surface area is 153 Å². The molecular formula is C16H22O11. The van der Waals surface area contributed by atoms with Crippen molar-refractivity contribution in [3.63, 3.8) is 0 Å². The Hall–Kier alpha value is -1.57. The predicted octanol–water partition coefficient (Wildman–Crippen LogP) is -3.35. The molecule has 3 rings (SSSR count). The van der Waals surface area contributed by atoms with Crippen LogP contribution in [0.25, 0.3) is 0 Å². The van der Waals surface area contributed by atoms with Crippen LogP contribution in [-0.2, 0) is 19.0 Å². The van der Waals surface area contributed by atoms with Gasteiger partial charge in [0.1, 0.15) is 30.0 Å². The number of aliphatic hydroxyl groups is 6. The van der Waals surface area contributed by atoms with E-state index in [1.165, 1.54) is 12.2 Å². The molecule has 152 valence electrons. The predicted molar refractivity (Wildman–Crippen MR) is 83.6 cm³/mol. The van der Waals surface area contributed by atoms with Gasteiger partial charge in [0.15, 0.2) is 6.29 Å². The van der Waals surface area contributed by atoms with Crippen molar-refractivity contribution in [1.29, 1.82) is 0 Å². The lowest BCUT2D eigenvalue weighted by Crippen LogP contribution is -2.61. The van der Waals surface area contributed by atoms with E-state index >= 15 is 0 Å². The van der Waals surface area contributed by atoms with E-state index in [0.717, 1.165) is 6.26 Å². The average Bonchev–Trinajstić information content (AvgIpc) is 3.01. The number of aliphatic hydroxyl groups excluding tert-OH is 5. The van der Waals surface area contributed by atoms with E-state index in [0.29, 0.717) is 0 Å². The summed E-state index contributed by atoms with van der Waals surface area (Å²) in [4.78, 5) is 11.4. The SMILES string of the molecule is O=C(O)C1=CO[C@@H](O[C@@H]2O[C@H](CO)[C@@H](O)[C@H](O)[C@H]2O)[C@H]2[C@@H]1C=C[C@@]2(O)CO. The summed E-state index contributed by atoms with van der Waals surface area (Å²) in [5, 5.41) is 68.4. The van der Waals surface area contributed by atoms with Gasteiger partial charge in [-0.25, -0.2) is 4.79 Å². The highest BCUT2D eigenvalue weighted by atomic mass is 16.8. The van der Waals surface area contributed by atoms with E-state index in [1.807, 2.05) is 0 Å². The van der Waals surface area contributed by atoms with E-state index in [2.05, 4.69) is 0 Å². The smallest absolute Gasteiger partial charge is 0.335 e. The molecule has 0 radical (unpaired) electrons. The minimum Gasteiger partial charge on any atom is -0.478 e. The van der Waals surface area contributed by atoms with Gasteiger partial charge in [-0.05, 0) is 0 Å². The van der Waals surface area contributed by atoms with Crippen molar-refractivity contribution in [2.75, 3.05) is 13.2 Å². The van der Waals surface area contributed by atoms with Gasteiger partial charge in [-0.15, -0.1) is 0 Å². The van der Waals surface area contributed by atoms with Gasteiger partial charge in [0, 0.05) is 5.92 Å². The molecule has 0 amide bonds. The molecule has 0 unspecified atom stereocenters. The topological polar surface area (TPSA) is 186 Å². The minimum absolute atomic E-state index is 0.158. The summed E-state index contributed by atoms with van der Waals surface area (Å²) in [6, 6.07) is 0. The number of carboxylic acid groups (broad SMARTS) is 1. The molecule has 0 aromatic rings. The lowest BCUT2D eigenvalue weighted by atomic mass is 9.79. The van der Waals surface area contributed by atoms with E-state index in [1.54, 1.807) is 0 Å². The third-order valence-electron chi connectivity index (χ3n) is 5.15. The van der Waals surface area contributed by atoms with Crippen molar-refractivity contribution >= 4 is 5.97 Å². The Kier molecular flexibility index (Phi) is 5.57. The highest BCUT2D eigenvalue weighted by Crippen LogP contribution is 2.45. The maximum absolute atomic E-state index is 11.4. The largest absolute Gasteiger partial charge is 0.478 e. The van der Waals surface area contributed by atoms with Gasteiger partial charge in [0.05, 0.1) is 31.0 Å². The molecule has 0 aromatic heterocycles. The Balaban J connectivity index is 1.84. The number of aliphatic carboxylic acids is 1. The molecule has 0 spiro atoms. The number of hydrogen-bond donors (Lipinski definition) is 7. The third kappa shape index (κ3) is 3.37. The number of carbonyl (C=O) groups is 1. The van der Waals surface area contributed by atoms with Crippen LogP contribution in [0.3, 0.4) is 0 Å². The summed E-state index contributed by atoms with van der Waals surface area (Å²) >= 11 is 0. The van der Waals surface area contributed by atoms with E-state index in [-0.39, 0.29) is 5.57 Å². The van der Waals surface area contributed by atoms with Gasteiger partial charge in [0.25, 0.3) is 0 Å². The monoisotopic (exact) mass is 390 g/mol. The lowest BCUT2D eigenvalue weighted by Gasteiger charge is -2.44. The number of allylic oxidation sites excluding steroid dienone is 1. The summed E-state index contributed by atoms with van der Waals surface area (Å²) < 4.78 is 16.0. The van der Waals surface area contributed by atoms with E-state index in [4.69, 9.17) is 14.2 Å². The van der Waals surface area contributed by atoms with E-state index in [9.17, 15) is 40.5 Å². The second-order valence-electron chi connectivity index (χ2n) is 6.78. The van der Waals surface area contributed by atoms with Crippen LogP contribution in [0.4, 0.5) is 0 Å². The number of fused-ring (bicyclic) bond motifs is 1. The first-order chi connectivity index (χ1) is 12.7. The van der Waals surface area contributed by atoms with Gasteiger partial charge in [-0.3, -0.25) is 0 Å². The molecule has 11 heteroatoms. The molecule has 0 bridgehead atoms. The van der Waals surface area contributed by atoms with Crippen LogP contribution in [0.1, 0.15) is 0 Å².